The van der Waals surface area contributed by atoms with Crippen LogP contribution in [-0.4, -0.2) is 78.8 Å². The van der Waals surface area contributed by atoms with Gasteiger partial charge in [0.05, 0.1) is 10.7 Å². The molecule has 11 nitrogen and oxygen atoms in total. The molecule has 0 spiro atoms. The van der Waals surface area contributed by atoms with E-state index in [1.807, 2.05) is 0 Å². The standard InChI is InChI=1S/C17H24N4O7S2/c1-19(2)30(26,27)11-15(18-17(23)20-8-7-14(29)9-20)16(22)28-10-12-3-5-13(6-4-12)21(24)25/h3-6,14-15,29H,7-11H2,1-2H3,(H,18,23)/t14-,15+/m0/s1. The number of esters is 1. The van der Waals surface area contributed by atoms with Crippen molar-refractivity contribution in [1.29, 1.82) is 0 Å². The number of nitro benzene ring substituents is 1. The van der Waals surface area contributed by atoms with Crippen molar-refractivity contribution in [3.8, 4) is 0 Å². The lowest BCUT2D eigenvalue weighted by atomic mass is 10.2. The minimum atomic E-state index is -3.81. The molecule has 0 aromatic heterocycles. The molecule has 166 valence electrons. The number of carbonyl (C=O) groups is 2. The molecule has 0 unspecified atom stereocenters. The van der Waals surface area contributed by atoms with E-state index in [1.165, 1.54) is 43.3 Å². The molecule has 1 aromatic carbocycles. The van der Waals surface area contributed by atoms with Crippen molar-refractivity contribution < 1.29 is 27.7 Å². The Morgan fingerprint density at radius 2 is 2.00 bits per heavy atom. The molecule has 30 heavy (non-hydrogen) atoms. The van der Waals surface area contributed by atoms with Crippen LogP contribution in [0.25, 0.3) is 0 Å². The molecule has 0 bridgehead atoms. The van der Waals surface area contributed by atoms with Crippen LogP contribution < -0.4 is 5.32 Å². The first-order chi connectivity index (χ1) is 14.0. The zero-order chi connectivity index (χ0) is 22.5. The van der Waals surface area contributed by atoms with Gasteiger partial charge in [-0.15, -0.1) is 0 Å². The molecule has 1 N–H and O–H groups in total. The summed E-state index contributed by atoms with van der Waals surface area (Å²) in [6.07, 6.45) is 0.696. The fraction of sp³-hybridized carbons (Fsp3) is 0.529. The van der Waals surface area contributed by atoms with Crippen molar-refractivity contribution in [1.82, 2.24) is 14.5 Å². The summed E-state index contributed by atoms with van der Waals surface area (Å²) in [5.74, 6) is -1.59. The molecule has 1 fully saturated rings. The topological polar surface area (TPSA) is 139 Å². The van der Waals surface area contributed by atoms with Crippen LogP contribution in [-0.2, 0) is 26.2 Å². The van der Waals surface area contributed by atoms with Gasteiger partial charge in [0.25, 0.3) is 5.69 Å². The van der Waals surface area contributed by atoms with E-state index < -0.39 is 38.7 Å². The number of hydrogen-bond acceptors (Lipinski definition) is 8. The zero-order valence-electron chi connectivity index (χ0n) is 16.6. The monoisotopic (exact) mass is 460 g/mol. The second kappa shape index (κ2) is 10.1. The fourth-order valence-electron chi connectivity index (χ4n) is 2.66. The first-order valence-electron chi connectivity index (χ1n) is 9.03. The summed E-state index contributed by atoms with van der Waals surface area (Å²) in [5.41, 5.74) is 0.368. The largest absolute Gasteiger partial charge is 0.459 e. The predicted molar refractivity (Wildman–Crippen MR) is 112 cm³/mol. The minimum Gasteiger partial charge on any atom is -0.459 e. The molecule has 2 rings (SSSR count). The van der Waals surface area contributed by atoms with Crippen LogP contribution in [0.3, 0.4) is 0 Å². The van der Waals surface area contributed by atoms with Crippen LogP contribution >= 0.6 is 12.6 Å². The molecule has 0 aliphatic carbocycles. The van der Waals surface area contributed by atoms with E-state index >= 15 is 0 Å². The first-order valence-corrected chi connectivity index (χ1v) is 11.2. The third-order valence-electron chi connectivity index (χ3n) is 4.49. The Bertz CT molecular complexity index is 890. The third kappa shape index (κ3) is 6.57. The van der Waals surface area contributed by atoms with Gasteiger partial charge in [-0.1, -0.05) is 0 Å². The highest BCUT2D eigenvalue weighted by Crippen LogP contribution is 2.15. The molecule has 13 heteroatoms. The first kappa shape index (κ1) is 23.9. The van der Waals surface area contributed by atoms with E-state index in [1.54, 1.807) is 0 Å². The Morgan fingerprint density at radius 3 is 2.50 bits per heavy atom. The number of amides is 2. The summed E-state index contributed by atoms with van der Waals surface area (Å²) in [7, 11) is -1.17. The van der Waals surface area contributed by atoms with Crippen LogP contribution in [0.2, 0.25) is 0 Å². The van der Waals surface area contributed by atoms with Crippen molar-refractivity contribution in [3.63, 3.8) is 0 Å². The lowest BCUT2D eigenvalue weighted by Gasteiger charge is -2.23. The summed E-state index contributed by atoms with van der Waals surface area (Å²) < 4.78 is 30.6. The van der Waals surface area contributed by atoms with Gasteiger partial charge in [-0.3, -0.25) is 10.1 Å². The number of sulfonamides is 1. The SMILES string of the molecule is CN(C)S(=O)(=O)C[C@@H](NC(=O)N1CC[C@H](S)C1)C(=O)OCc1ccc([N+](=O)[O-])cc1. The lowest BCUT2D eigenvalue weighted by Crippen LogP contribution is -2.51. The summed E-state index contributed by atoms with van der Waals surface area (Å²) in [6.45, 7) is 0.610. The lowest BCUT2D eigenvalue weighted by molar-refractivity contribution is -0.384. The van der Waals surface area contributed by atoms with Crippen LogP contribution in [0.4, 0.5) is 10.5 Å². The van der Waals surface area contributed by atoms with Crippen molar-refractivity contribution in [2.75, 3.05) is 32.9 Å². The summed E-state index contributed by atoms with van der Waals surface area (Å²) >= 11 is 4.31. The summed E-state index contributed by atoms with van der Waals surface area (Å²) in [5, 5.41) is 13.2. The zero-order valence-corrected chi connectivity index (χ0v) is 18.3. The Balaban J connectivity index is 2.07. The Hall–Kier alpha value is -2.38. The number of ether oxygens (including phenoxy) is 1. The average molecular weight is 461 g/mol. The normalized spacial score (nSPS) is 17.6. The number of nitrogens with zero attached hydrogens (tertiary/aromatic N) is 3. The van der Waals surface area contributed by atoms with Gasteiger partial charge in [0.2, 0.25) is 10.0 Å². The molecular weight excluding hydrogens is 436 g/mol. The van der Waals surface area contributed by atoms with E-state index in [4.69, 9.17) is 4.74 Å². The predicted octanol–water partition coefficient (Wildman–Crippen LogP) is 0.612. The van der Waals surface area contributed by atoms with Crippen molar-refractivity contribution in [3.05, 3.63) is 39.9 Å². The highest BCUT2D eigenvalue weighted by atomic mass is 32.2. The Morgan fingerprint density at radius 1 is 1.37 bits per heavy atom. The van der Waals surface area contributed by atoms with Gasteiger partial charge in [-0.25, -0.2) is 22.3 Å². The number of hydrogen-bond donors (Lipinski definition) is 2. The molecule has 1 aliphatic heterocycles. The number of benzene rings is 1. The van der Waals surface area contributed by atoms with Crippen molar-refractivity contribution in [2.45, 2.75) is 24.3 Å². The van der Waals surface area contributed by atoms with Gasteiger partial charge in [0.15, 0.2) is 0 Å². The van der Waals surface area contributed by atoms with Crippen LogP contribution in [0.15, 0.2) is 24.3 Å². The minimum absolute atomic E-state index is 0.0220. The maximum absolute atomic E-state index is 12.5. The summed E-state index contributed by atoms with van der Waals surface area (Å²) in [6, 6.07) is 3.39. The second-order valence-electron chi connectivity index (χ2n) is 6.98. The second-order valence-corrected chi connectivity index (χ2v) is 9.94. The molecule has 2 atom stereocenters. The molecule has 0 radical (unpaired) electrons. The highest BCUT2D eigenvalue weighted by Gasteiger charge is 2.32. The fourth-order valence-corrected chi connectivity index (χ4v) is 3.92. The van der Waals surface area contributed by atoms with Gasteiger partial charge < -0.3 is 15.0 Å². The van der Waals surface area contributed by atoms with E-state index in [2.05, 4.69) is 17.9 Å². The van der Waals surface area contributed by atoms with Crippen LogP contribution in [0.1, 0.15) is 12.0 Å². The third-order valence-corrected chi connectivity index (χ3v) is 6.78. The van der Waals surface area contributed by atoms with E-state index in [9.17, 15) is 28.1 Å². The molecule has 1 saturated heterocycles. The van der Waals surface area contributed by atoms with Crippen molar-refractivity contribution >= 4 is 40.3 Å². The quantitative estimate of drug-likeness (QED) is 0.251. The van der Waals surface area contributed by atoms with E-state index in [0.717, 1.165) is 4.31 Å². The molecule has 1 heterocycles. The number of thiol groups is 1. The van der Waals surface area contributed by atoms with Gasteiger partial charge in [-0.05, 0) is 24.1 Å². The van der Waals surface area contributed by atoms with Gasteiger partial charge >= 0.3 is 12.0 Å². The molecular formula is C17H24N4O7S2. The van der Waals surface area contributed by atoms with Crippen molar-refractivity contribution in [2.24, 2.45) is 0 Å². The number of nitro groups is 1. The summed E-state index contributed by atoms with van der Waals surface area (Å²) in [4.78, 5) is 36.6. The van der Waals surface area contributed by atoms with Gasteiger partial charge in [-0.2, -0.15) is 12.6 Å². The number of nitrogens with one attached hydrogen (secondary N) is 1. The maximum atomic E-state index is 12.5. The van der Waals surface area contributed by atoms with E-state index in [0.29, 0.717) is 25.1 Å². The van der Waals surface area contributed by atoms with Crippen LogP contribution in [0.5, 0.6) is 0 Å². The maximum Gasteiger partial charge on any atom is 0.330 e. The number of non-ortho nitro benzene ring substituents is 1. The van der Waals surface area contributed by atoms with Gasteiger partial charge in [0, 0.05) is 44.6 Å². The number of rotatable bonds is 8. The van der Waals surface area contributed by atoms with Gasteiger partial charge in [0.1, 0.15) is 12.6 Å². The molecule has 2 amide bonds. The smallest absolute Gasteiger partial charge is 0.330 e. The molecule has 1 aromatic rings. The Kier molecular flexibility index (Phi) is 8.03. The molecule has 1 aliphatic rings. The highest BCUT2D eigenvalue weighted by molar-refractivity contribution is 7.89. The number of carbonyl (C=O) groups excluding carboxylic acids is 2. The van der Waals surface area contributed by atoms with E-state index in [-0.39, 0.29) is 17.5 Å². The average Bonchev–Trinajstić information content (AvgIpc) is 3.12. The van der Waals surface area contributed by atoms with Crippen LogP contribution in [0, 0.1) is 10.1 Å². The number of urea groups is 1. The molecule has 0 saturated carbocycles. The number of likely N-dealkylation sites (tertiary alicyclic amines) is 1. The Labute approximate surface area is 180 Å².